The maximum atomic E-state index is 12.8. The minimum absolute atomic E-state index is 0.0394. The Morgan fingerprint density at radius 2 is 1.97 bits per heavy atom. The van der Waals surface area contributed by atoms with Crippen LogP contribution in [0.4, 0.5) is 0 Å². The van der Waals surface area contributed by atoms with Crippen molar-refractivity contribution in [1.82, 2.24) is 10.2 Å². The highest BCUT2D eigenvalue weighted by molar-refractivity contribution is 9.10. The first kappa shape index (κ1) is 24.2. The lowest BCUT2D eigenvalue weighted by Crippen LogP contribution is -2.53. The van der Waals surface area contributed by atoms with Crippen molar-refractivity contribution in [3.63, 3.8) is 0 Å². The number of nitrogens with zero attached hydrogens (tertiary/aromatic N) is 2. The van der Waals surface area contributed by atoms with E-state index in [0.717, 1.165) is 5.56 Å². The van der Waals surface area contributed by atoms with Gasteiger partial charge in [-0.05, 0) is 49.0 Å². The van der Waals surface area contributed by atoms with Gasteiger partial charge in [0.05, 0.1) is 18.2 Å². The fourth-order valence-electron chi connectivity index (χ4n) is 3.10. The quantitative estimate of drug-likeness (QED) is 0.241. The Hall–Kier alpha value is -3.48. The zero-order valence-electron chi connectivity index (χ0n) is 17.8. The van der Waals surface area contributed by atoms with Gasteiger partial charge in [0.2, 0.25) is 0 Å². The number of hydrogen-bond donors (Lipinski definition) is 1. The van der Waals surface area contributed by atoms with Crippen LogP contribution in [-0.2, 0) is 16.2 Å². The van der Waals surface area contributed by atoms with Crippen molar-refractivity contribution in [3.05, 3.63) is 75.8 Å². The molecular weight excluding hydrogens is 506 g/mol. The number of hydrogen-bond acceptors (Lipinski definition) is 6. The van der Waals surface area contributed by atoms with Gasteiger partial charge in [-0.15, -0.1) is 6.58 Å². The maximum Gasteiger partial charge on any atom is 0.265 e. The molecule has 0 radical (unpaired) electrons. The van der Waals surface area contributed by atoms with Crippen LogP contribution in [0.5, 0.6) is 11.5 Å². The molecule has 1 aliphatic rings. The molecule has 0 aromatic heterocycles. The molecule has 168 valence electrons. The van der Waals surface area contributed by atoms with Gasteiger partial charge in [0.25, 0.3) is 11.8 Å². The second-order valence-electron chi connectivity index (χ2n) is 6.83. The van der Waals surface area contributed by atoms with Gasteiger partial charge in [-0.25, -0.2) is 0 Å². The molecular formula is C24H20BrN3O4S. The molecule has 1 aliphatic heterocycles. The molecule has 2 aromatic rings. The molecule has 1 N–H and O–H groups in total. The van der Waals surface area contributed by atoms with Crippen molar-refractivity contribution in [3.8, 4) is 17.6 Å². The van der Waals surface area contributed by atoms with Crippen molar-refractivity contribution < 1.29 is 19.1 Å². The van der Waals surface area contributed by atoms with Gasteiger partial charge in [-0.1, -0.05) is 40.2 Å². The zero-order valence-corrected chi connectivity index (χ0v) is 20.2. The van der Waals surface area contributed by atoms with Crippen LogP contribution < -0.4 is 14.8 Å². The normalized spacial score (nSPS) is 14.6. The van der Waals surface area contributed by atoms with E-state index in [1.165, 1.54) is 17.1 Å². The van der Waals surface area contributed by atoms with Crippen LogP contribution in [0.25, 0.3) is 6.08 Å². The standard InChI is InChI=1S/C24H20BrN3O4S/c1-3-9-28-23(30)18(22(29)27-24(28)33)10-17-11-20(31-4-2)21(12-19(17)25)32-14-16-8-6-5-7-15(16)13-26/h3,5-8,10-12H,1,4,9,14H2,2H3,(H,27,29,33)/b18-10+. The Balaban J connectivity index is 1.94. The summed E-state index contributed by atoms with van der Waals surface area (Å²) in [4.78, 5) is 26.5. The third kappa shape index (κ3) is 5.48. The lowest BCUT2D eigenvalue weighted by Gasteiger charge is -2.27. The molecule has 1 heterocycles. The maximum absolute atomic E-state index is 12.8. The summed E-state index contributed by atoms with van der Waals surface area (Å²) < 4.78 is 12.3. The van der Waals surface area contributed by atoms with E-state index in [2.05, 4.69) is 33.9 Å². The molecule has 0 unspecified atom stereocenters. The van der Waals surface area contributed by atoms with Gasteiger partial charge in [-0.2, -0.15) is 5.26 Å². The fourth-order valence-corrected chi connectivity index (χ4v) is 3.78. The van der Waals surface area contributed by atoms with E-state index in [0.29, 0.717) is 33.7 Å². The molecule has 7 nitrogen and oxygen atoms in total. The monoisotopic (exact) mass is 525 g/mol. The van der Waals surface area contributed by atoms with Crippen molar-refractivity contribution in [1.29, 1.82) is 5.26 Å². The minimum atomic E-state index is -0.580. The molecule has 1 saturated heterocycles. The number of thiocarbonyl (C=S) groups is 1. The zero-order chi connectivity index (χ0) is 24.0. The molecule has 0 bridgehead atoms. The highest BCUT2D eigenvalue weighted by Gasteiger charge is 2.32. The number of carbonyl (C=O) groups excluding carboxylic acids is 2. The average Bonchev–Trinajstić information content (AvgIpc) is 2.80. The van der Waals surface area contributed by atoms with Gasteiger partial charge in [0, 0.05) is 16.6 Å². The molecule has 3 rings (SSSR count). The third-order valence-electron chi connectivity index (χ3n) is 4.68. The van der Waals surface area contributed by atoms with Gasteiger partial charge < -0.3 is 9.47 Å². The largest absolute Gasteiger partial charge is 0.490 e. The molecule has 0 saturated carbocycles. The van der Waals surface area contributed by atoms with E-state index >= 15 is 0 Å². The van der Waals surface area contributed by atoms with Crippen LogP contribution in [0.2, 0.25) is 0 Å². The highest BCUT2D eigenvalue weighted by atomic mass is 79.9. The number of carbonyl (C=O) groups is 2. The SMILES string of the molecule is C=CCN1C(=O)/C(=C/c2cc(OCC)c(OCc3ccccc3C#N)cc2Br)C(=O)NC1=S. The van der Waals surface area contributed by atoms with E-state index in [-0.39, 0.29) is 23.8 Å². The lowest BCUT2D eigenvalue weighted by molar-refractivity contribution is -0.128. The minimum Gasteiger partial charge on any atom is -0.490 e. The summed E-state index contributed by atoms with van der Waals surface area (Å²) in [6, 6.07) is 12.7. The van der Waals surface area contributed by atoms with Gasteiger partial charge in [0.15, 0.2) is 16.6 Å². The second kappa shape index (κ2) is 10.9. The summed E-state index contributed by atoms with van der Waals surface area (Å²) in [7, 11) is 0. The number of nitriles is 1. The molecule has 0 spiro atoms. The first-order valence-electron chi connectivity index (χ1n) is 9.96. The molecule has 33 heavy (non-hydrogen) atoms. The van der Waals surface area contributed by atoms with Gasteiger partial charge in [0.1, 0.15) is 12.2 Å². The fraction of sp³-hybridized carbons (Fsp3) is 0.167. The Labute approximate surface area is 205 Å². The summed E-state index contributed by atoms with van der Waals surface area (Å²) >= 11 is 8.56. The van der Waals surface area contributed by atoms with Gasteiger partial charge in [-0.3, -0.25) is 19.8 Å². The molecule has 2 amide bonds. The van der Waals surface area contributed by atoms with Crippen molar-refractivity contribution in [2.24, 2.45) is 0 Å². The van der Waals surface area contributed by atoms with E-state index < -0.39 is 11.8 Å². The summed E-state index contributed by atoms with van der Waals surface area (Å²) in [5.74, 6) is -0.206. The van der Waals surface area contributed by atoms with E-state index in [4.69, 9.17) is 21.7 Å². The summed E-state index contributed by atoms with van der Waals surface area (Å²) in [6.07, 6.45) is 3.00. The Bertz CT molecular complexity index is 1200. The van der Waals surface area contributed by atoms with E-state index in [1.54, 1.807) is 24.3 Å². The number of nitrogens with one attached hydrogen (secondary N) is 1. The van der Waals surface area contributed by atoms with Crippen LogP contribution in [0.3, 0.4) is 0 Å². The highest BCUT2D eigenvalue weighted by Crippen LogP contribution is 2.36. The number of amides is 2. The second-order valence-corrected chi connectivity index (χ2v) is 8.07. The van der Waals surface area contributed by atoms with Crippen molar-refractivity contribution in [2.45, 2.75) is 13.5 Å². The predicted molar refractivity (Wildman–Crippen MR) is 131 cm³/mol. The summed E-state index contributed by atoms with van der Waals surface area (Å²) in [5, 5.41) is 11.8. The van der Waals surface area contributed by atoms with E-state index in [9.17, 15) is 14.9 Å². The van der Waals surface area contributed by atoms with Crippen LogP contribution in [0, 0.1) is 11.3 Å². The average molecular weight is 526 g/mol. The molecule has 9 heteroatoms. The number of halogens is 1. The lowest BCUT2D eigenvalue weighted by atomic mass is 10.1. The Morgan fingerprint density at radius 1 is 1.24 bits per heavy atom. The first-order chi connectivity index (χ1) is 15.9. The summed E-state index contributed by atoms with van der Waals surface area (Å²) in [6.45, 7) is 6.18. The predicted octanol–water partition coefficient (Wildman–Crippen LogP) is 4.11. The molecule has 0 atom stereocenters. The topological polar surface area (TPSA) is 91.7 Å². The summed E-state index contributed by atoms with van der Waals surface area (Å²) in [5.41, 5.74) is 1.76. The first-order valence-corrected chi connectivity index (χ1v) is 11.2. The van der Waals surface area contributed by atoms with Crippen LogP contribution in [0.15, 0.2) is 59.1 Å². The smallest absolute Gasteiger partial charge is 0.265 e. The van der Waals surface area contributed by atoms with Crippen LogP contribution >= 0.6 is 28.1 Å². The number of ether oxygens (including phenoxy) is 2. The van der Waals surface area contributed by atoms with Gasteiger partial charge >= 0.3 is 0 Å². The Morgan fingerprint density at radius 3 is 2.67 bits per heavy atom. The number of benzene rings is 2. The molecule has 1 fully saturated rings. The molecule has 0 aliphatic carbocycles. The van der Waals surface area contributed by atoms with Crippen LogP contribution in [-0.4, -0.2) is 35.0 Å². The van der Waals surface area contributed by atoms with Crippen molar-refractivity contribution >= 4 is 51.2 Å². The van der Waals surface area contributed by atoms with Crippen molar-refractivity contribution in [2.75, 3.05) is 13.2 Å². The molecule has 2 aromatic carbocycles. The van der Waals surface area contributed by atoms with Crippen LogP contribution in [0.1, 0.15) is 23.6 Å². The number of rotatable bonds is 8. The van der Waals surface area contributed by atoms with E-state index in [1.807, 2.05) is 19.1 Å². The Kier molecular flexibility index (Phi) is 7.98. The third-order valence-corrected chi connectivity index (χ3v) is 5.69.